The molecule has 1 atom stereocenters. The third-order valence-electron chi connectivity index (χ3n) is 3.70. The molecule has 0 saturated carbocycles. The maximum atomic E-state index is 2.69. The second kappa shape index (κ2) is 6.02. The van der Waals surface area contributed by atoms with Gasteiger partial charge >= 0.3 is 0 Å². The SMILES string of the molecule is CC(C)CC1CN(C(C)C)CCN1C(C)C. The van der Waals surface area contributed by atoms with E-state index in [0.29, 0.717) is 12.1 Å². The fraction of sp³-hybridized carbons (Fsp3) is 1.00. The van der Waals surface area contributed by atoms with Crippen LogP contribution in [0.1, 0.15) is 48.0 Å². The normalized spacial score (nSPS) is 24.9. The van der Waals surface area contributed by atoms with Gasteiger partial charge in [-0.1, -0.05) is 13.8 Å². The Morgan fingerprint density at radius 2 is 1.56 bits per heavy atom. The molecule has 1 saturated heterocycles. The summed E-state index contributed by atoms with van der Waals surface area (Å²) in [7, 11) is 0. The van der Waals surface area contributed by atoms with E-state index in [-0.39, 0.29) is 0 Å². The Morgan fingerprint density at radius 3 is 2.00 bits per heavy atom. The smallest absolute Gasteiger partial charge is 0.0228 e. The van der Waals surface area contributed by atoms with Crippen LogP contribution in [0.3, 0.4) is 0 Å². The molecule has 1 heterocycles. The van der Waals surface area contributed by atoms with Gasteiger partial charge in [-0.25, -0.2) is 0 Å². The summed E-state index contributed by atoms with van der Waals surface area (Å²) in [4.78, 5) is 5.32. The van der Waals surface area contributed by atoms with Gasteiger partial charge < -0.3 is 0 Å². The second-order valence-corrected chi connectivity index (χ2v) is 6.20. The molecule has 0 aliphatic carbocycles. The molecule has 0 radical (unpaired) electrons. The van der Waals surface area contributed by atoms with Gasteiger partial charge in [0.15, 0.2) is 0 Å². The molecule has 0 aromatic carbocycles. The van der Waals surface area contributed by atoms with E-state index in [1.54, 1.807) is 0 Å². The fourth-order valence-corrected chi connectivity index (χ4v) is 2.80. The van der Waals surface area contributed by atoms with Gasteiger partial charge in [0.05, 0.1) is 0 Å². The van der Waals surface area contributed by atoms with Crippen molar-refractivity contribution >= 4 is 0 Å². The predicted molar refractivity (Wildman–Crippen MR) is 71.8 cm³/mol. The number of rotatable bonds is 4. The Morgan fingerprint density at radius 1 is 0.938 bits per heavy atom. The molecule has 2 nitrogen and oxygen atoms in total. The summed E-state index contributed by atoms with van der Waals surface area (Å²) >= 11 is 0. The molecule has 0 aromatic rings. The third-order valence-corrected chi connectivity index (χ3v) is 3.70. The summed E-state index contributed by atoms with van der Waals surface area (Å²) in [6.07, 6.45) is 1.33. The topological polar surface area (TPSA) is 6.48 Å². The highest BCUT2D eigenvalue weighted by Crippen LogP contribution is 2.20. The minimum Gasteiger partial charge on any atom is -0.298 e. The van der Waals surface area contributed by atoms with Gasteiger partial charge in [-0.3, -0.25) is 9.80 Å². The van der Waals surface area contributed by atoms with Gasteiger partial charge in [0.1, 0.15) is 0 Å². The highest BCUT2D eigenvalue weighted by Gasteiger charge is 2.29. The fourth-order valence-electron chi connectivity index (χ4n) is 2.80. The Balaban J connectivity index is 2.61. The molecule has 1 fully saturated rings. The number of nitrogens with zero attached hydrogens (tertiary/aromatic N) is 2. The maximum absolute atomic E-state index is 2.69. The molecule has 96 valence electrons. The summed E-state index contributed by atoms with van der Waals surface area (Å²) < 4.78 is 0. The zero-order chi connectivity index (χ0) is 12.3. The van der Waals surface area contributed by atoms with E-state index >= 15 is 0 Å². The van der Waals surface area contributed by atoms with Crippen LogP contribution in [0.5, 0.6) is 0 Å². The van der Waals surface area contributed by atoms with Crippen molar-refractivity contribution in [2.75, 3.05) is 19.6 Å². The Bertz CT molecular complexity index is 199. The number of hydrogen-bond acceptors (Lipinski definition) is 2. The minimum absolute atomic E-state index is 0.693. The Labute approximate surface area is 102 Å². The van der Waals surface area contributed by atoms with Crippen LogP contribution in [0.4, 0.5) is 0 Å². The van der Waals surface area contributed by atoms with E-state index in [9.17, 15) is 0 Å². The van der Waals surface area contributed by atoms with Crippen molar-refractivity contribution in [3.8, 4) is 0 Å². The molecular formula is C14H30N2. The summed E-state index contributed by atoms with van der Waals surface area (Å²) in [6.45, 7) is 17.7. The van der Waals surface area contributed by atoms with Crippen molar-refractivity contribution in [2.24, 2.45) is 5.92 Å². The lowest BCUT2D eigenvalue weighted by Crippen LogP contribution is -2.57. The first-order valence-electron chi connectivity index (χ1n) is 6.91. The molecule has 0 aromatic heterocycles. The quantitative estimate of drug-likeness (QED) is 0.727. The van der Waals surface area contributed by atoms with Crippen LogP contribution in [0.25, 0.3) is 0 Å². The van der Waals surface area contributed by atoms with Crippen LogP contribution in [-0.2, 0) is 0 Å². The average molecular weight is 226 g/mol. The molecule has 0 spiro atoms. The van der Waals surface area contributed by atoms with Gasteiger partial charge in [0.2, 0.25) is 0 Å². The lowest BCUT2D eigenvalue weighted by Gasteiger charge is -2.45. The average Bonchev–Trinajstić information content (AvgIpc) is 2.15. The van der Waals surface area contributed by atoms with E-state index in [2.05, 4.69) is 51.3 Å². The summed E-state index contributed by atoms with van der Waals surface area (Å²) in [5, 5.41) is 0. The molecule has 0 amide bonds. The summed E-state index contributed by atoms with van der Waals surface area (Å²) in [5.74, 6) is 0.804. The lowest BCUT2D eigenvalue weighted by atomic mass is 9.98. The standard InChI is InChI=1S/C14H30N2/c1-11(2)9-14-10-15(12(3)4)7-8-16(14)13(5)6/h11-14H,7-10H2,1-6H3. The van der Waals surface area contributed by atoms with Crippen molar-refractivity contribution in [2.45, 2.75) is 66.1 Å². The first-order valence-corrected chi connectivity index (χ1v) is 6.91. The maximum Gasteiger partial charge on any atom is 0.0228 e. The van der Waals surface area contributed by atoms with Gasteiger partial charge in [-0.15, -0.1) is 0 Å². The molecule has 0 N–H and O–H groups in total. The largest absolute Gasteiger partial charge is 0.298 e. The first kappa shape index (κ1) is 14.0. The molecule has 1 aliphatic heterocycles. The van der Waals surface area contributed by atoms with Crippen molar-refractivity contribution in [1.29, 1.82) is 0 Å². The minimum atomic E-state index is 0.693. The monoisotopic (exact) mass is 226 g/mol. The molecule has 1 aliphatic rings. The van der Waals surface area contributed by atoms with E-state index in [0.717, 1.165) is 12.0 Å². The molecule has 16 heavy (non-hydrogen) atoms. The van der Waals surface area contributed by atoms with Crippen LogP contribution in [0.15, 0.2) is 0 Å². The van der Waals surface area contributed by atoms with E-state index in [1.807, 2.05) is 0 Å². The van der Waals surface area contributed by atoms with Crippen LogP contribution in [0.2, 0.25) is 0 Å². The second-order valence-electron chi connectivity index (χ2n) is 6.20. The number of piperazine rings is 1. The van der Waals surface area contributed by atoms with E-state index in [1.165, 1.54) is 26.1 Å². The lowest BCUT2D eigenvalue weighted by molar-refractivity contribution is 0.0272. The Hall–Kier alpha value is -0.0800. The van der Waals surface area contributed by atoms with Crippen molar-refractivity contribution < 1.29 is 0 Å². The van der Waals surface area contributed by atoms with E-state index in [4.69, 9.17) is 0 Å². The number of hydrogen-bond donors (Lipinski definition) is 0. The van der Waals surface area contributed by atoms with Gasteiger partial charge in [-0.05, 0) is 40.0 Å². The van der Waals surface area contributed by atoms with Crippen LogP contribution in [-0.4, -0.2) is 47.6 Å². The Kier molecular flexibility index (Phi) is 5.26. The molecule has 1 rings (SSSR count). The summed E-state index contributed by atoms with van der Waals surface area (Å²) in [6, 6.07) is 2.15. The zero-order valence-corrected chi connectivity index (χ0v) is 12.0. The van der Waals surface area contributed by atoms with Gasteiger partial charge in [-0.2, -0.15) is 0 Å². The van der Waals surface area contributed by atoms with Crippen LogP contribution >= 0.6 is 0 Å². The van der Waals surface area contributed by atoms with Gasteiger partial charge in [0, 0.05) is 37.8 Å². The van der Waals surface area contributed by atoms with E-state index < -0.39 is 0 Å². The van der Waals surface area contributed by atoms with Crippen molar-refractivity contribution in [3.63, 3.8) is 0 Å². The molecule has 0 bridgehead atoms. The predicted octanol–water partition coefficient (Wildman–Crippen LogP) is 2.84. The zero-order valence-electron chi connectivity index (χ0n) is 12.0. The van der Waals surface area contributed by atoms with Crippen molar-refractivity contribution in [1.82, 2.24) is 9.80 Å². The highest BCUT2D eigenvalue weighted by molar-refractivity contribution is 4.85. The van der Waals surface area contributed by atoms with Crippen LogP contribution in [0, 0.1) is 5.92 Å². The molecular weight excluding hydrogens is 196 g/mol. The van der Waals surface area contributed by atoms with Crippen molar-refractivity contribution in [3.05, 3.63) is 0 Å². The first-order chi connectivity index (χ1) is 7.41. The molecule has 2 heteroatoms. The van der Waals surface area contributed by atoms with Crippen LogP contribution < -0.4 is 0 Å². The highest BCUT2D eigenvalue weighted by atomic mass is 15.3. The van der Waals surface area contributed by atoms with Gasteiger partial charge in [0.25, 0.3) is 0 Å². The molecule has 1 unspecified atom stereocenters. The third kappa shape index (κ3) is 3.74. The summed E-state index contributed by atoms with van der Waals surface area (Å²) in [5.41, 5.74) is 0.